The van der Waals surface area contributed by atoms with Crippen LogP contribution in [0.4, 0.5) is 0 Å². The van der Waals surface area contributed by atoms with E-state index < -0.39 is 5.97 Å². The Hall–Kier alpha value is -2.08. The van der Waals surface area contributed by atoms with Gasteiger partial charge in [0.2, 0.25) is 11.8 Å². The highest BCUT2D eigenvalue weighted by atomic mass is 35.5. The second kappa shape index (κ2) is 8.68. The molecule has 0 radical (unpaired) electrons. The highest BCUT2D eigenvalue weighted by Crippen LogP contribution is 2.28. The summed E-state index contributed by atoms with van der Waals surface area (Å²) in [4.78, 5) is 36.1. The average Bonchev–Trinajstić information content (AvgIpc) is 3.37. The van der Waals surface area contributed by atoms with Crippen LogP contribution in [0, 0.1) is 5.92 Å². The molecule has 1 aliphatic carbocycles. The number of carbonyl (C=O) groups is 3. The minimum absolute atomic E-state index is 0.0472. The van der Waals surface area contributed by atoms with Crippen molar-refractivity contribution in [3.05, 3.63) is 34.9 Å². The topological polar surface area (TPSA) is 86.7 Å². The molecule has 6 nitrogen and oxygen atoms in total. The van der Waals surface area contributed by atoms with E-state index in [1.54, 1.807) is 24.3 Å². The van der Waals surface area contributed by atoms with Crippen molar-refractivity contribution in [2.24, 2.45) is 5.92 Å². The maximum absolute atomic E-state index is 12.3. The summed E-state index contributed by atoms with van der Waals surface area (Å²) in [5, 5.41) is 12.4. The average molecular weight is 353 g/mol. The quantitative estimate of drug-likeness (QED) is 0.666. The molecule has 0 aliphatic heterocycles. The third-order valence-corrected chi connectivity index (χ3v) is 4.03. The number of carbonyl (C=O) groups excluding carboxylic acids is 2. The number of halogens is 1. The van der Waals surface area contributed by atoms with Crippen LogP contribution in [0.15, 0.2) is 24.3 Å². The molecule has 0 unspecified atom stereocenters. The van der Waals surface area contributed by atoms with Crippen molar-refractivity contribution < 1.29 is 19.5 Å². The van der Waals surface area contributed by atoms with Crippen LogP contribution in [0.1, 0.15) is 31.2 Å². The Balaban J connectivity index is 1.81. The van der Waals surface area contributed by atoms with Crippen LogP contribution in [-0.4, -0.2) is 40.9 Å². The predicted molar refractivity (Wildman–Crippen MR) is 89.5 cm³/mol. The van der Waals surface area contributed by atoms with E-state index in [9.17, 15) is 14.4 Å². The van der Waals surface area contributed by atoms with Crippen LogP contribution < -0.4 is 5.32 Å². The van der Waals surface area contributed by atoms with E-state index in [1.807, 2.05) is 0 Å². The van der Waals surface area contributed by atoms with E-state index in [1.165, 1.54) is 4.90 Å². The lowest BCUT2D eigenvalue weighted by atomic mass is 10.2. The molecule has 1 fully saturated rings. The molecular formula is C17H21ClN2O4. The normalized spacial score (nSPS) is 13.4. The summed E-state index contributed by atoms with van der Waals surface area (Å²) in [5.41, 5.74) is 0.816. The standard InChI is InChI=1S/C17H21ClN2O4/c18-14-7-3-12(4-8-14)10-20(11-16(22)23)15(21)2-1-9-19-17(24)13-5-6-13/h3-4,7-8,13H,1-2,5-6,9-11H2,(H,19,24)(H,22,23). The maximum atomic E-state index is 12.3. The molecule has 0 atom stereocenters. The first-order chi connectivity index (χ1) is 11.5. The van der Waals surface area contributed by atoms with Crippen molar-refractivity contribution in [1.29, 1.82) is 0 Å². The molecule has 1 aliphatic rings. The lowest BCUT2D eigenvalue weighted by Gasteiger charge is -2.21. The van der Waals surface area contributed by atoms with Gasteiger partial charge >= 0.3 is 5.97 Å². The number of amides is 2. The van der Waals surface area contributed by atoms with Crippen LogP contribution in [0.3, 0.4) is 0 Å². The summed E-state index contributed by atoms with van der Waals surface area (Å²) in [5.74, 6) is -1.10. The van der Waals surface area contributed by atoms with E-state index in [-0.39, 0.29) is 37.2 Å². The molecular weight excluding hydrogens is 332 g/mol. The molecule has 0 aromatic heterocycles. The zero-order valence-electron chi connectivity index (χ0n) is 13.3. The second-order valence-corrected chi connectivity index (χ2v) is 6.38. The summed E-state index contributed by atoms with van der Waals surface area (Å²) >= 11 is 5.82. The largest absolute Gasteiger partial charge is 0.480 e. The highest BCUT2D eigenvalue weighted by molar-refractivity contribution is 6.30. The van der Waals surface area contributed by atoms with Gasteiger partial charge in [-0.3, -0.25) is 14.4 Å². The number of hydrogen-bond acceptors (Lipinski definition) is 3. The van der Waals surface area contributed by atoms with E-state index in [4.69, 9.17) is 16.7 Å². The number of rotatable bonds is 9. The van der Waals surface area contributed by atoms with E-state index in [0.717, 1.165) is 18.4 Å². The molecule has 0 bridgehead atoms. The van der Waals surface area contributed by atoms with Gasteiger partial charge in [-0.15, -0.1) is 0 Å². The first-order valence-electron chi connectivity index (χ1n) is 7.97. The monoisotopic (exact) mass is 352 g/mol. The molecule has 130 valence electrons. The van der Waals surface area contributed by atoms with Gasteiger partial charge in [-0.25, -0.2) is 0 Å². The van der Waals surface area contributed by atoms with E-state index in [2.05, 4.69) is 5.32 Å². The lowest BCUT2D eigenvalue weighted by Crippen LogP contribution is -2.35. The first kappa shape index (κ1) is 18.3. The third kappa shape index (κ3) is 6.20. The number of nitrogens with zero attached hydrogens (tertiary/aromatic N) is 1. The molecule has 1 saturated carbocycles. The molecule has 24 heavy (non-hydrogen) atoms. The number of aliphatic carboxylic acids is 1. The fourth-order valence-electron chi connectivity index (χ4n) is 2.30. The Bertz CT molecular complexity index is 599. The van der Waals surface area contributed by atoms with Crippen LogP contribution in [-0.2, 0) is 20.9 Å². The smallest absolute Gasteiger partial charge is 0.323 e. The van der Waals surface area contributed by atoms with Gasteiger partial charge in [0.05, 0.1) is 0 Å². The molecule has 2 rings (SSSR count). The zero-order chi connectivity index (χ0) is 17.5. The van der Waals surface area contributed by atoms with Gasteiger partial charge in [-0.05, 0) is 37.0 Å². The van der Waals surface area contributed by atoms with Crippen LogP contribution in [0.2, 0.25) is 5.02 Å². The molecule has 0 saturated heterocycles. The van der Waals surface area contributed by atoms with E-state index in [0.29, 0.717) is 18.0 Å². The summed E-state index contributed by atoms with van der Waals surface area (Å²) in [6.45, 7) is 0.301. The van der Waals surface area contributed by atoms with Gasteiger partial charge in [0, 0.05) is 30.5 Å². The maximum Gasteiger partial charge on any atom is 0.323 e. The molecule has 1 aromatic rings. The Morgan fingerprint density at radius 2 is 1.88 bits per heavy atom. The Labute approximate surface area is 145 Å². The second-order valence-electron chi connectivity index (χ2n) is 5.94. The minimum atomic E-state index is -1.06. The SMILES string of the molecule is O=C(O)CN(Cc1ccc(Cl)cc1)C(=O)CCCNC(=O)C1CC1. The molecule has 0 heterocycles. The van der Waals surface area contributed by atoms with Crippen molar-refractivity contribution in [3.63, 3.8) is 0 Å². The Kier molecular flexibility index (Phi) is 6.61. The van der Waals surface area contributed by atoms with Gasteiger partial charge in [-0.1, -0.05) is 23.7 Å². The van der Waals surface area contributed by atoms with Gasteiger partial charge < -0.3 is 15.3 Å². The number of hydrogen-bond donors (Lipinski definition) is 2. The Morgan fingerprint density at radius 1 is 1.21 bits per heavy atom. The number of benzene rings is 1. The third-order valence-electron chi connectivity index (χ3n) is 3.78. The first-order valence-corrected chi connectivity index (χ1v) is 8.35. The number of carboxylic acids is 1. The van der Waals surface area contributed by atoms with Gasteiger partial charge in [0.15, 0.2) is 0 Å². The summed E-state index contributed by atoms with van der Waals surface area (Å²) in [7, 11) is 0. The molecule has 0 spiro atoms. The van der Waals surface area contributed by atoms with Crippen LogP contribution >= 0.6 is 11.6 Å². The van der Waals surface area contributed by atoms with Crippen molar-refractivity contribution in [3.8, 4) is 0 Å². The molecule has 2 N–H and O–H groups in total. The summed E-state index contributed by atoms with van der Waals surface area (Å²) in [6, 6.07) is 6.93. The number of carboxylic acid groups (broad SMARTS) is 1. The fraction of sp³-hybridized carbons (Fsp3) is 0.471. The zero-order valence-corrected chi connectivity index (χ0v) is 14.1. The Morgan fingerprint density at radius 3 is 2.46 bits per heavy atom. The number of nitrogens with one attached hydrogen (secondary N) is 1. The van der Waals surface area contributed by atoms with Crippen molar-refractivity contribution in [1.82, 2.24) is 10.2 Å². The van der Waals surface area contributed by atoms with Gasteiger partial charge in [0.1, 0.15) is 6.54 Å². The summed E-state index contributed by atoms with van der Waals surface area (Å²) < 4.78 is 0. The van der Waals surface area contributed by atoms with Crippen molar-refractivity contribution >= 4 is 29.4 Å². The van der Waals surface area contributed by atoms with Gasteiger partial charge in [-0.2, -0.15) is 0 Å². The van der Waals surface area contributed by atoms with E-state index >= 15 is 0 Å². The highest BCUT2D eigenvalue weighted by Gasteiger charge is 2.29. The fourth-order valence-corrected chi connectivity index (χ4v) is 2.43. The van der Waals surface area contributed by atoms with Crippen molar-refractivity contribution in [2.45, 2.75) is 32.2 Å². The molecule has 2 amide bonds. The van der Waals surface area contributed by atoms with Gasteiger partial charge in [0.25, 0.3) is 0 Å². The molecule has 1 aromatic carbocycles. The lowest BCUT2D eigenvalue weighted by molar-refractivity contribution is -0.144. The predicted octanol–water partition coefficient (Wildman–Crippen LogP) is 2.06. The van der Waals surface area contributed by atoms with Crippen molar-refractivity contribution in [2.75, 3.05) is 13.1 Å². The molecule has 7 heteroatoms. The minimum Gasteiger partial charge on any atom is -0.480 e. The van der Waals surface area contributed by atoms with Crippen LogP contribution in [0.25, 0.3) is 0 Å². The van der Waals surface area contributed by atoms with Crippen LogP contribution in [0.5, 0.6) is 0 Å². The summed E-state index contributed by atoms with van der Waals surface area (Å²) in [6.07, 6.45) is 2.58.